The van der Waals surface area contributed by atoms with E-state index in [0.29, 0.717) is 43.7 Å². The highest BCUT2D eigenvalue weighted by Gasteiger charge is 2.33. The van der Waals surface area contributed by atoms with Crippen LogP contribution in [-0.4, -0.2) is 68.6 Å². The number of amides is 1. The molecule has 32 heavy (non-hydrogen) atoms. The van der Waals surface area contributed by atoms with Crippen molar-refractivity contribution in [3.05, 3.63) is 71.4 Å². The Balaban J connectivity index is 1.78. The van der Waals surface area contributed by atoms with Crippen molar-refractivity contribution in [2.24, 2.45) is 0 Å². The largest absolute Gasteiger partial charge is 0.480 e. The lowest BCUT2D eigenvalue weighted by atomic mass is 10.0. The molecule has 166 valence electrons. The van der Waals surface area contributed by atoms with Crippen LogP contribution in [0.3, 0.4) is 0 Å². The summed E-state index contributed by atoms with van der Waals surface area (Å²) in [4.78, 5) is 39.2. The van der Waals surface area contributed by atoms with Gasteiger partial charge in [0.25, 0.3) is 0 Å². The van der Waals surface area contributed by atoms with Crippen molar-refractivity contribution in [1.82, 2.24) is 14.4 Å². The first-order valence-electron chi connectivity index (χ1n) is 10.5. The number of carbonyl (C=O) groups is 3. The number of carboxylic acids is 2. The average molecular weight is 435 g/mol. The van der Waals surface area contributed by atoms with Crippen LogP contribution in [0.2, 0.25) is 0 Å². The number of hydrogen-bond donors (Lipinski definition) is 2. The smallest absolute Gasteiger partial charge is 0.335 e. The van der Waals surface area contributed by atoms with Gasteiger partial charge in [-0.25, -0.2) is 4.79 Å². The van der Waals surface area contributed by atoms with Gasteiger partial charge in [-0.05, 0) is 23.8 Å². The lowest BCUT2D eigenvalue weighted by Crippen LogP contribution is -2.50. The Hall–Kier alpha value is -3.65. The first-order chi connectivity index (χ1) is 15.3. The molecule has 1 aliphatic rings. The van der Waals surface area contributed by atoms with Gasteiger partial charge in [0, 0.05) is 62.3 Å². The summed E-state index contributed by atoms with van der Waals surface area (Å²) in [6, 6.07) is 13.7. The molecule has 1 aliphatic heterocycles. The third-order valence-electron chi connectivity index (χ3n) is 6.01. The maximum atomic E-state index is 12.4. The van der Waals surface area contributed by atoms with Crippen molar-refractivity contribution in [2.75, 3.05) is 26.2 Å². The number of carbonyl (C=O) groups excluding carboxylic acids is 1. The molecule has 0 unspecified atom stereocenters. The molecule has 1 atom stereocenters. The van der Waals surface area contributed by atoms with E-state index < -0.39 is 18.0 Å². The van der Waals surface area contributed by atoms with E-state index in [4.69, 9.17) is 0 Å². The van der Waals surface area contributed by atoms with Gasteiger partial charge in [-0.3, -0.25) is 14.5 Å². The van der Waals surface area contributed by atoms with Crippen molar-refractivity contribution in [1.29, 1.82) is 0 Å². The Bertz CT molecular complexity index is 1160. The van der Waals surface area contributed by atoms with Gasteiger partial charge >= 0.3 is 11.9 Å². The zero-order valence-corrected chi connectivity index (χ0v) is 17.8. The Kier molecular flexibility index (Phi) is 5.96. The highest BCUT2D eigenvalue weighted by Crippen LogP contribution is 2.32. The number of rotatable bonds is 6. The Labute approximate surface area is 185 Å². The molecule has 2 N–H and O–H groups in total. The Morgan fingerprint density at radius 2 is 1.66 bits per heavy atom. The highest BCUT2D eigenvalue weighted by atomic mass is 16.4. The highest BCUT2D eigenvalue weighted by molar-refractivity contribution is 5.96. The van der Waals surface area contributed by atoms with Crippen LogP contribution in [0.4, 0.5) is 0 Å². The lowest BCUT2D eigenvalue weighted by molar-refractivity contribution is -0.144. The SMILES string of the molecule is CC(=O)N1CCN([C@@H](C(=O)O)c2cn(Cc3ccccc3)c3ccc(C(=O)O)cc23)CC1. The molecule has 1 amide bonds. The number of aromatic nitrogens is 1. The summed E-state index contributed by atoms with van der Waals surface area (Å²) in [7, 11) is 0. The zero-order valence-electron chi connectivity index (χ0n) is 17.8. The predicted molar refractivity (Wildman–Crippen MR) is 119 cm³/mol. The van der Waals surface area contributed by atoms with E-state index in [2.05, 4.69) is 0 Å². The number of fused-ring (bicyclic) bond motifs is 1. The van der Waals surface area contributed by atoms with Gasteiger partial charge in [-0.1, -0.05) is 30.3 Å². The molecule has 0 spiro atoms. The van der Waals surface area contributed by atoms with Gasteiger partial charge in [0.1, 0.15) is 6.04 Å². The third kappa shape index (κ3) is 4.22. The van der Waals surface area contributed by atoms with Gasteiger partial charge in [0.15, 0.2) is 0 Å². The molecule has 8 nitrogen and oxygen atoms in total. The molecule has 1 aromatic heterocycles. The fourth-order valence-corrected chi connectivity index (χ4v) is 4.37. The van der Waals surface area contributed by atoms with Crippen molar-refractivity contribution >= 4 is 28.7 Å². The zero-order chi connectivity index (χ0) is 22.8. The van der Waals surface area contributed by atoms with E-state index in [1.165, 1.54) is 13.0 Å². The summed E-state index contributed by atoms with van der Waals surface area (Å²) in [6.45, 7) is 3.83. The minimum Gasteiger partial charge on any atom is -0.480 e. The monoisotopic (exact) mass is 435 g/mol. The van der Waals surface area contributed by atoms with E-state index in [9.17, 15) is 24.6 Å². The van der Waals surface area contributed by atoms with Crippen LogP contribution >= 0.6 is 0 Å². The summed E-state index contributed by atoms with van der Waals surface area (Å²) < 4.78 is 1.97. The van der Waals surface area contributed by atoms with Crippen molar-refractivity contribution in [3.63, 3.8) is 0 Å². The summed E-state index contributed by atoms with van der Waals surface area (Å²) in [5, 5.41) is 20.2. The molecule has 3 aromatic rings. The van der Waals surface area contributed by atoms with Crippen LogP contribution in [0.1, 0.15) is 34.5 Å². The molecule has 8 heteroatoms. The third-order valence-corrected chi connectivity index (χ3v) is 6.01. The van der Waals surface area contributed by atoms with E-state index in [-0.39, 0.29) is 11.5 Å². The van der Waals surface area contributed by atoms with Crippen LogP contribution in [0.25, 0.3) is 10.9 Å². The molecule has 1 fully saturated rings. The number of piperazine rings is 1. The first-order valence-corrected chi connectivity index (χ1v) is 10.5. The summed E-state index contributed by atoms with van der Waals surface area (Å²) >= 11 is 0. The van der Waals surface area contributed by atoms with Crippen LogP contribution in [-0.2, 0) is 16.1 Å². The lowest BCUT2D eigenvalue weighted by Gasteiger charge is -2.37. The van der Waals surface area contributed by atoms with Crippen LogP contribution in [0, 0.1) is 0 Å². The number of aliphatic carboxylic acids is 1. The van der Waals surface area contributed by atoms with Crippen molar-refractivity contribution in [2.45, 2.75) is 19.5 Å². The molecule has 0 bridgehead atoms. The molecular formula is C24H25N3O5. The molecule has 2 heterocycles. The van der Waals surface area contributed by atoms with Crippen molar-refractivity contribution < 1.29 is 24.6 Å². The molecule has 4 rings (SSSR count). The Morgan fingerprint density at radius 1 is 0.969 bits per heavy atom. The van der Waals surface area contributed by atoms with E-state index in [1.807, 2.05) is 46.0 Å². The fourth-order valence-electron chi connectivity index (χ4n) is 4.37. The number of nitrogens with zero attached hydrogens (tertiary/aromatic N) is 3. The van der Waals surface area contributed by atoms with E-state index in [0.717, 1.165) is 11.1 Å². The Morgan fingerprint density at radius 3 is 2.25 bits per heavy atom. The van der Waals surface area contributed by atoms with Crippen LogP contribution < -0.4 is 0 Å². The number of aromatic carboxylic acids is 1. The minimum atomic E-state index is -1.06. The molecule has 0 saturated carbocycles. The quantitative estimate of drug-likeness (QED) is 0.617. The summed E-state index contributed by atoms with van der Waals surface area (Å²) in [6.07, 6.45) is 1.82. The summed E-state index contributed by atoms with van der Waals surface area (Å²) in [5.74, 6) is -2.08. The van der Waals surface area contributed by atoms with Gasteiger partial charge < -0.3 is 19.7 Å². The molecule has 0 aliphatic carbocycles. The number of benzene rings is 2. The van der Waals surface area contributed by atoms with Gasteiger partial charge in [-0.2, -0.15) is 0 Å². The van der Waals surface area contributed by atoms with E-state index in [1.54, 1.807) is 17.0 Å². The van der Waals surface area contributed by atoms with Crippen LogP contribution in [0.5, 0.6) is 0 Å². The van der Waals surface area contributed by atoms with Crippen LogP contribution in [0.15, 0.2) is 54.7 Å². The maximum Gasteiger partial charge on any atom is 0.335 e. The van der Waals surface area contributed by atoms with Gasteiger partial charge in [-0.15, -0.1) is 0 Å². The second kappa shape index (κ2) is 8.84. The molecular weight excluding hydrogens is 410 g/mol. The number of carboxylic acid groups (broad SMARTS) is 2. The maximum absolute atomic E-state index is 12.4. The van der Waals surface area contributed by atoms with Crippen molar-refractivity contribution in [3.8, 4) is 0 Å². The topological polar surface area (TPSA) is 103 Å². The summed E-state index contributed by atoms with van der Waals surface area (Å²) in [5.41, 5.74) is 2.51. The second-order valence-electron chi connectivity index (χ2n) is 8.02. The molecule has 1 saturated heterocycles. The molecule has 0 radical (unpaired) electrons. The first kappa shape index (κ1) is 21.6. The molecule has 2 aromatic carbocycles. The average Bonchev–Trinajstić information content (AvgIpc) is 3.12. The van der Waals surface area contributed by atoms with E-state index >= 15 is 0 Å². The second-order valence-corrected chi connectivity index (χ2v) is 8.02. The van der Waals surface area contributed by atoms with Gasteiger partial charge in [0.2, 0.25) is 5.91 Å². The minimum absolute atomic E-state index is 0.0258. The normalized spacial score (nSPS) is 15.6. The van der Waals surface area contributed by atoms with Gasteiger partial charge in [0.05, 0.1) is 5.56 Å². The predicted octanol–water partition coefficient (Wildman–Crippen LogP) is 2.68. The fraction of sp³-hybridized carbons (Fsp3) is 0.292. The standard InChI is InChI=1S/C24H25N3O5/c1-16(28)25-9-11-26(12-10-25)22(24(31)32)20-15-27(14-17-5-3-2-4-6-17)21-8-7-18(23(29)30)13-19(20)21/h2-8,13,15,22H,9-12,14H2,1H3,(H,29,30)(H,31,32)/t22-/m1/s1. The number of hydrogen-bond acceptors (Lipinski definition) is 4.